The molecule has 2 aliphatic heterocycles. The van der Waals surface area contributed by atoms with E-state index in [2.05, 4.69) is 59.6 Å². The first kappa shape index (κ1) is 86.4. The summed E-state index contributed by atoms with van der Waals surface area (Å²) in [4.78, 5) is 127. The van der Waals surface area contributed by atoms with E-state index in [0.29, 0.717) is 93.0 Å². The molecule has 33 nitrogen and oxygen atoms in total. The van der Waals surface area contributed by atoms with Gasteiger partial charge in [0.1, 0.15) is 43.1 Å². The Balaban J connectivity index is 0.703. The Morgan fingerprint density at radius 3 is 2.23 bits per heavy atom. The largest absolute Gasteiger partial charge is 0.474 e. The molecule has 2 saturated heterocycles. The summed E-state index contributed by atoms with van der Waals surface area (Å²) in [7, 11) is 1.58. The van der Waals surface area contributed by atoms with Crippen LogP contribution in [-0.2, 0) is 116 Å². The second kappa shape index (κ2) is 42.9. The number of H-pyrrole nitrogens is 1. The van der Waals surface area contributed by atoms with Gasteiger partial charge in [0.15, 0.2) is 23.2 Å². The van der Waals surface area contributed by atoms with Crippen LogP contribution >= 0.6 is 25.8 Å². The van der Waals surface area contributed by atoms with Crippen molar-refractivity contribution in [3.05, 3.63) is 106 Å². The topological polar surface area (TPSA) is 406 Å². The molecule has 2 saturated carbocycles. The standard InChI is InChI=1S/C74H99N9O24P2S2/c1-47(2)58(38-53(84)22-26-96-31-30-95-25-11-16-64(86)100-43-59-56-14-7-5-6-8-15-57(56)59)70(89)78-48(3)60(85)36-49-17-19-50(20-18-49)41-101-74(91)82(24-27-97-32-33-99-35-34-98-29-28-94-4)40-51-12-9-10-13-55(51)69(88)80-73-79-68-65(71(90)81-73)77-46-83(68)72-67-66(87)62(105-72)44-103-108(92,110)106-61-39-54(104-63-21-23-75-45-76-63)37-52(61)42-102-109(93,111)107-67/h9-10,12-13,17-21,23,45-48,52,54,56-59,61-62,66-67,72,87H,7-8,11,14-16,22,24-44H2,1-4H3,(H,78,89)(H,92,110)(H,93,111)(H2,79,80,81,88,90)/t48-,52+,54+,56-,57+,58-,59?,61-,62+,66+,67+,72+,108?,109?/m0/s1. The van der Waals surface area contributed by atoms with Crippen molar-refractivity contribution in [3.63, 3.8) is 0 Å². The number of benzene rings is 2. The number of carbonyl (C=O) groups is 6. The predicted octanol–water partition coefficient (Wildman–Crippen LogP) is 7.22. The first-order valence-electron chi connectivity index (χ1n) is 37.3. The summed E-state index contributed by atoms with van der Waals surface area (Å²) in [5.41, 5.74) is 0.381. The molecule has 5 heterocycles. The third-order valence-electron chi connectivity index (χ3n) is 19.7. The number of hydrogen-bond acceptors (Lipinski definition) is 28. The van der Waals surface area contributed by atoms with Crippen LogP contribution in [0.3, 0.4) is 0 Å². The van der Waals surface area contributed by atoms with Crippen molar-refractivity contribution >= 4 is 90.1 Å². The van der Waals surface area contributed by atoms with Crippen molar-refractivity contribution in [3.8, 4) is 17.7 Å². The molecule has 14 atom stereocenters. The minimum Gasteiger partial charge on any atom is -0.474 e. The maximum absolute atomic E-state index is 14.4. The number of methoxy groups -OCH3 is 1. The first-order chi connectivity index (χ1) is 53.5. The number of aromatic amines is 1. The number of ketones is 2. The van der Waals surface area contributed by atoms with E-state index in [1.165, 1.54) is 28.1 Å². The normalized spacial score (nSPS) is 24.9. The SMILES string of the molecule is COCCOCCOCCOCCN(Cc1ccccc1C(=O)Nc1nc2c(ncn2[C@@H]2O[C@@H]3COP(O)(=S)O[C@H]4C[C@H](Oc5ccncn5)C[C@@H]4COP(=O)(S)O[C@@H]2[C@@H]3O)c(=O)[nH]1)C(=O)OCc1ccc(CC(=O)[C@H](C)NC(=O)[C@@H](CC(=O)CCOCCOCCCC(=O)OCC2[C@H]3CCC#CCC[C@@H]23)C(C)C)cc1. The Morgan fingerprint density at radius 1 is 0.820 bits per heavy atom. The van der Waals surface area contributed by atoms with Gasteiger partial charge in [-0.2, -0.15) is 4.98 Å². The number of fused-ring (bicyclic) bond motifs is 5. The van der Waals surface area contributed by atoms with E-state index in [4.69, 9.17) is 77.3 Å². The van der Waals surface area contributed by atoms with E-state index >= 15 is 0 Å². The predicted molar refractivity (Wildman–Crippen MR) is 405 cm³/mol. The lowest BCUT2D eigenvalue weighted by Crippen LogP contribution is -2.44. The zero-order chi connectivity index (χ0) is 78.9. The number of rotatable bonds is 41. The van der Waals surface area contributed by atoms with Gasteiger partial charge in [0.05, 0.1) is 104 Å². The summed E-state index contributed by atoms with van der Waals surface area (Å²) in [6.45, 7) is -0.909. The lowest BCUT2D eigenvalue weighted by Gasteiger charge is -2.27. The fourth-order valence-electron chi connectivity index (χ4n) is 13.5. The lowest BCUT2D eigenvalue weighted by molar-refractivity contribution is -0.144. The molecule has 2 bridgehead atoms. The molecule has 3 aliphatic carbocycles. The highest BCUT2D eigenvalue weighted by molar-refractivity contribution is 8.44. The number of imidazole rings is 1. The molecule has 0 spiro atoms. The highest BCUT2D eigenvalue weighted by Gasteiger charge is 2.52. The van der Waals surface area contributed by atoms with Gasteiger partial charge < -0.3 is 81.2 Å². The number of ether oxygens (including phenoxy) is 10. The zero-order valence-electron chi connectivity index (χ0n) is 62.5. The molecule has 4 fully saturated rings. The number of aliphatic hydroxyl groups is 1. The smallest absolute Gasteiger partial charge is 0.410 e. The van der Waals surface area contributed by atoms with Gasteiger partial charge in [-0.05, 0) is 90.8 Å². The van der Waals surface area contributed by atoms with E-state index in [1.807, 2.05) is 13.8 Å². The molecule has 3 aromatic heterocycles. The average Bonchev–Trinajstić information content (AvgIpc) is 1.62. The molecule has 2 aromatic carbocycles. The molecule has 3 amide bonds. The fraction of sp³-hybridized carbons (Fsp3) is 0.608. The van der Waals surface area contributed by atoms with Crippen LogP contribution in [0.15, 0.2) is 78.2 Å². The second-order valence-electron chi connectivity index (χ2n) is 27.9. The Bertz CT molecular complexity index is 4120. The number of hydrogen-bond donors (Lipinski definition) is 6. The van der Waals surface area contributed by atoms with Crippen LogP contribution < -0.4 is 20.9 Å². The van der Waals surface area contributed by atoms with E-state index in [1.54, 1.807) is 62.6 Å². The molecule has 5 aliphatic rings. The van der Waals surface area contributed by atoms with Gasteiger partial charge in [-0.15, -0.1) is 11.8 Å². The Kier molecular flexibility index (Phi) is 33.4. The van der Waals surface area contributed by atoms with Crippen LogP contribution in [0.2, 0.25) is 0 Å². The van der Waals surface area contributed by atoms with Crippen LogP contribution in [0.25, 0.3) is 11.2 Å². The zero-order valence-corrected chi connectivity index (χ0v) is 66.0. The Morgan fingerprint density at radius 2 is 1.51 bits per heavy atom. The van der Waals surface area contributed by atoms with Crippen LogP contribution in [0.4, 0.5) is 10.7 Å². The number of thiol groups is 1. The van der Waals surface area contributed by atoms with Crippen molar-refractivity contribution in [1.82, 2.24) is 39.7 Å². The van der Waals surface area contributed by atoms with Gasteiger partial charge in [0, 0.05) is 101 Å². The molecular weight excluding hydrogens is 1520 g/mol. The number of aliphatic hydroxyl groups excluding tert-OH is 1. The van der Waals surface area contributed by atoms with Crippen LogP contribution in [0.5, 0.6) is 5.88 Å². The maximum atomic E-state index is 14.4. The van der Waals surface area contributed by atoms with Gasteiger partial charge in [-0.1, -0.05) is 68.6 Å². The fourth-order valence-corrected chi connectivity index (χ4v) is 16.5. The molecule has 37 heteroatoms. The molecule has 3 unspecified atom stereocenters. The van der Waals surface area contributed by atoms with Crippen LogP contribution in [-0.4, -0.2) is 223 Å². The molecule has 111 heavy (non-hydrogen) atoms. The van der Waals surface area contributed by atoms with Crippen molar-refractivity contribution < 1.29 is 109 Å². The molecular formula is C74H99N9O24P2S2. The van der Waals surface area contributed by atoms with Crippen molar-refractivity contribution in [1.29, 1.82) is 0 Å². The van der Waals surface area contributed by atoms with Gasteiger partial charge in [-0.3, -0.25) is 48.2 Å². The molecule has 0 radical (unpaired) electrons. The Labute approximate surface area is 653 Å². The van der Waals surface area contributed by atoms with Crippen LogP contribution in [0, 0.1) is 47.3 Å². The number of nitrogens with one attached hydrogen (secondary N) is 3. The van der Waals surface area contributed by atoms with E-state index in [9.17, 15) is 48.1 Å². The minimum absolute atomic E-state index is 0.0150. The third-order valence-corrected chi connectivity index (χ3v) is 22.9. The number of esters is 1. The first-order valence-corrected chi connectivity index (χ1v) is 42.6. The second-order valence-corrected chi connectivity index (χ2v) is 33.6. The Hall–Kier alpha value is -7.04. The summed E-state index contributed by atoms with van der Waals surface area (Å²) in [6.07, 6.45) is 1.23. The van der Waals surface area contributed by atoms with E-state index in [0.717, 1.165) is 32.0 Å². The summed E-state index contributed by atoms with van der Waals surface area (Å²) in [6, 6.07) is 13.9. The van der Waals surface area contributed by atoms with Gasteiger partial charge in [-0.25, -0.2) is 24.3 Å². The molecule has 5 aromatic rings. The third kappa shape index (κ3) is 26.5. The van der Waals surface area contributed by atoms with Gasteiger partial charge >= 0.3 is 25.6 Å². The highest BCUT2D eigenvalue weighted by Crippen LogP contribution is 2.59. The minimum atomic E-state index is -4.41. The van der Waals surface area contributed by atoms with Gasteiger partial charge in [0.2, 0.25) is 17.7 Å². The highest BCUT2D eigenvalue weighted by atomic mass is 32.7. The number of Topliss-reactive ketones (excluding diaryl/α,β-unsaturated/α-hetero) is 2. The van der Waals surface area contributed by atoms with Crippen molar-refractivity contribution in [2.24, 2.45) is 35.5 Å². The molecule has 10 rings (SSSR count). The number of nitrogens with zero attached hydrogens (tertiary/aromatic N) is 6. The summed E-state index contributed by atoms with van der Waals surface area (Å²) in [5, 5.41) is 17.2. The summed E-state index contributed by atoms with van der Waals surface area (Å²) < 4.78 is 95.7. The maximum Gasteiger partial charge on any atom is 0.410 e. The van der Waals surface area contributed by atoms with Crippen molar-refractivity contribution in [2.45, 2.75) is 147 Å². The molecule has 606 valence electrons. The average molecular weight is 1620 g/mol. The monoisotopic (exact) mass is 1620 g/mol. The number of anilines is 1. The van der Waals surface area contributed by atoms with Crippen molar-refractivity contribution in [2.75, 3.05) is 111 Å². The van der Waals surface area contributed by atoms with E-state index < -0.39 is 98.2 Å². The van der Waals surface area contributed by atoms with Gasteiger partial charge in [0.25, 0.3) is 11.5 Å². The number of aromatic nitrogens is 6. The quantitative estimate of drug-likeness (QED) is 0.00739. The van der Waals surface area contributed by atoms with Crippen LogP contribution in [0.1, 0.15) is 118 Å². The molecule has 5 N–H and O–H groups in total. The van der Waals surface area contributed by atoms with E-state index in [-0.39, 0.29) is 144 Å². The number of carbonyl (C=O) groups excluding carboxylic acids is 6. The summed E-state index contributed by atoms with van der Waals surface area (Å²) in [5.74, 6) is 4.74. The number of amides is 3. The lowest BCUT2D eigenvalue weighted by atomic mass is 9.88. The summed E-state index contributed by atoms with van der Waals surface area (Å²) >= 11 is 9.69.